The molecular weight excluding hydrogens is 286 g/mol. The van der Waals surface area contributed by atoms with Crippen LogP contribution in [0.4, 0.5) is 5.69 Å². The summed E-state index contributed by atoms with van der Waals surface area (Å²) in [5.41, 5.74) is 4.97. The number of hydrogen-bond acceptors (Lipinski definition) is 4. The summed E-state index contributed by atoms with van der Waals surface area (Å²) >= 11 is 0. The Morgan fingerprint density at radius 2 is 1.87 bits per heavy atom. The average molecular weight is 313 g/mol. The number of anilines is 1. The maximum absolute atomic E-state index is 9.58. The number of aromatic nitrogens is 1. The predicted molar refractivity (Wildman–Crippen MR) is 96.2 cm³/mol. The van der Waals surface area contributed by atoms with Crippen LogP contribution < -0.4 is 4.90 Å². The van der Waals surface area contributed by atoms with Gasteiger partial charge in [0.1, 0.15) is 0 Å². The molecule has 1 aromatic carbocycles. The Bertz CT molecular complexity index is 676. The fourth-order valence-electron chi connectivity index (χ4n) is 3.67. The molecule has 1 aliphatic heterocycles. The van der Waals surface area contributed by atoms with E-state index in [0.29, 0.717) is 0 Å². The molecule has 2 heterocycles. The van der Waals surface area contributed by atoms with E-state index in [0.717, 1.165) is 50.4 Å². The van der Waals surface area contributed by atoms with Crippen LogP contribution in [0.15, 0.2) is 24.3 Å². The number of β-amino-alcohol motifs (C(OH)–C–C–N with tert-alkyl or cyclic N) is 1. The Labute approximate surface area is 138 Å². The van der Waals surface area contributed by atoms with Crippen molar-refractivity contribution < 1.29 is 5.11 Å². The van der Waals surface area contributed by atoms with Crippen molar-refractivity contribution in [1.29, 1.82) is 0 Å². The summed E-state index contributed by atoms with van der Waals surface area (Å²) in [5.74, 6) is 0. The van der Waals surface area contributed by atoms with Crippen molar-refractivity contribution in [3.8, 4) is 0 Å². The normalized spacial score (nSPS) is 17.7. The number of benzene rings is 1. The first kappa shape index (κ1) is 16.2. The Kier molecular flexibility index (Phi) is 4.83. The highest BCUT2D eigenvalue weighted by atomic mass is 16.3. The van der Waals surface area contributed by atoms with Crippen LogP contribution >= 0.6 is 0 Å². The van der Waals surface area contributed by atoms with Gasteiger partial charge in [0.2, 0.25) is 0 Å². The molecule has 0 amide bonds. The number of nitrogens with zero attached hydrogens (tertiary/aromatic N) is 3. The largest absolute Gasteiger partial charge is 0.392 e. The molecule has 2 aromatic rings. The molecule has 23 heavy (non-hydrogen) atoms. The SMILES string of the molecule is CCc1c(C)nc2ccccc2c1N1CCN(C[C@@H](C)O)CC1. The first-order valence-corrected chi connectivity index (χ1v) is 8.63. The van der Waals surface area contributed by atoms with Crippen LogP contribution in [0.2, 0.25) is 0 Å². The van der Waals surface area contributed by atoms with Crippen LogP contribution in [0.25, 0.3) is 10.9 Å². The molecule has 4 heteroatoms. The zero-order valence-corrected chi connectivity index (χ0v) is 14.4. The lowest BCUT2D eigenvalue weighted by Crippen LogP contribution is -2.48. The number of fused-ring (bicyclic) bond motifs is 1. The summed E-state index contributed by atoms with van der Waals surface area (Å²) < 4.78 is 0. The number of pyridine rings is 1. The lowest BCUT2D eigenvalue weighted by Gasteiger charge is -2.38. The minimum Gasteiger partial charge on any atom is -0.392 e. The highest BCUT2D eigenvalue weighted by Gasteiger charge is 2.22. The number of aliphatic hydroxyl groups is 1. The van der Waals surface area contributed by atoms with Gasteiger partial charge < -0.3 is 10.0 Å². The minimum absolute atomic E-state index is 0.253. The van der Waals surface area contributed by atoms with Gasteiger partial charge in [-0.3, -0.25) is 9.88 Å². The predicted octanol–water partition coefficient (Wildman–Crippen LogP) is 2.61. The molecule has 1 saturated heterocycles. The zero-order chi connectivity index (χ0) is 16.4. The van der Waals surface area contributed by atoms with Gasteiger partial charge in [-0.1, -0.05) is 25.1 Å². The second-order valence-corrected chi connectivity index (χ2v) is 6.53. The van der Waals surface area contributed by atoms with Crippen molar-refractivity contribution in [2.75, 3.05) is 37.6 Å². The van der Waals surface area contributed by atoms with E-state index in [4.69, 9.17) is 4.98 Å². The van der Waals surface area contributed by atoms with Gasteiger partial charge in [-0.2, -0.15) is 0 Å². The highest BCUT2D eigenvalue weighted by Crippen LogP contribution is 2.32. The molecule has 0 unspecified atom stereocenters. The fourth-order valence-corrected chi connectivity index (χ4v) is 3.67. The summed E-state index contributed by atoms with van der Waals surface area (Å²) in [4.78, 5) is 9.64. The summed E-state index contributed by atoms with van der Waals surface area (Å²) in [5, 5.41) is 10.8. The molecule has 1 aliphatic rings. The van der Waals surface area contributed by atoms with E-state index < -0.39 is 0 Å². The van der Waals surface area contributed by atoms with Gasteiger partial charge in [0.05, 0.1) is 17.3 Å². The van der Waals surface area contributed by atoms with Gasteiger partial charge in [-0.15, -0.1) is 0 Å². The molecule has 1 atom stereocenters. The van der Waals surface area contributed by atoms with Gasteiger partial charge in [0.15, 0.2) is 0 Å². The number of aliphatic hydroxyl groups excluding tert-OH is 1. The molecule has 4 nitrogen and oxygen atoms in total. The van der Waals surface area contributed by atoms with Crippen LogP contribution in [-0.4, -0.2) is 53.8 Å². The third kappa shape index (κ3) is 3.33. The molecule has 0 bridgehead atoms. The summed E-state index contributed by atoms with van der Waals surface area (Å²) in [7, 11) is 0. The lowest BCUT2D eigenvalue weighted by atomic mass is 10.0. The van der Waals surface area contributed by atoms with Crippen LogP contribution in [-0.2, 0) is 6.42 Å². The summed E-state index contributed by atoms with van der Waals surface area (Å²) in [6.07, 6.45) is 0.754. The Balaban J connectivity index is 1.93. The third-order valence-corrected chi connectivity index (χ3v) is 4.73. The van der Waals surface area contributed by atoms with Crippen molar-refractivity contribution in [3.05, 3.63) is 35.5 Å². The van der Waals surface area contributed by atoms with Crippen molar-refractivity contribution in [1.82, 2.24) is 9.88 Å². The molecule has 0 saturated carbocycles. The van der Waals surface area contributed by atoms with Crippen LogP contribution in [0.5, 0.6) is 0 Å². The molecule has 3 rings (SSSR count). The Morgan fingerprint density at radius 1 is 1.17 bits per heavy atom. The smallest absolute Gasteiger partial charge is 0.0726 e. The van der Waals surface area contributed by atoms with E-state index in [9.17, 15) is 5.11 Å². The van der Waals surface area contributed by atoms with Crippen molar-refractivity contribution in [2.45, 2.75) is 33.3 Å². The average Bonchev–Trinajstić information content (AvgIpc) is 2.54. The van der Waals surface area contributed by atoms with E-state index in [-0.39, 0.29) is 6.10 Å². The summed E-state index contributed by atoms with van der Waals surface area (Å²) in [6, 6.07) is 8.46. The molecule has 0 spiro atoms. The summed E-state index contributed by atoms with van der Waals surface area (Å²) in [6.45, 7) is 11.0. The fraction of sp³-hybridized carbons (Fsp3) is 0.526. The molecule has 124 valence electrons. The van der Waals surface area contributed by atoms with Gasteiger partial charge in [0, 0.05) is 43.8 Å². The highest BCUT2D eigenvalue weighted by molar-refractivity contribution is 5.94. The van der Waals surface area contributed by atoms with E-state index in [2.05, 4.69) is 47.9 Å². The van der Waals surface area contributed by atoms with E-state index in [1.54, 1.807) is 0 Å². The van der Waals surface area contributed by atoms with Gasteiger partial charge in [0.25, 0.3) is 0 Å². The number of aryl methyl sites for hydroxylation is 1. The first-order valence-electron chi connectivity index (χ1n) is 8.63. The van der Waals surface area contributed by atoms with Crippen LogP contribution in [0, 0.1) is 6.92 Å². The second kappa shape index (κ2) is 6.85. The maximum Gasteiger partial charge on any atom is 0.0726 e. The van der Waals surface area contributed by atoms with Gasteiger partial charge >= 0.3 is 0 Å². The lowest BCUT2D eigenvalue weighted by molar-refractivity contribution is 0.123. The molecular formula is C19H27N3O. The molecule has 0 radical (unpaired) electrons. The second-order valence-electron chi connectivity index (χ2n) is 6.53. The van der Waals surface area contributed by atoms with Crippen LogP contribution in [0.1, 0.15) is 25.1 Å². The van der Waals surface area contributed by atoms with E-state index >= 15 is 0 Å². The van der Waals surface area contributed by atoms with Gasteiger partial charge in [-0.25, -0.2) is 0 Å². The standard InChI is InChI=1S/C19H27N3O/c1-4-16-15(3)20-18-8-6-5-7-17(18)19(16)22-11-9-21(10-12-22)13-14(2)23/h5-8,14,23H,4,9-13H2,1-3H3/t14-/m1/s1. The van der Waals surface area contributed by atoms with E-state index in [1.165, 1.54) is 16.6 Å². The van der Waals surface area contributed by atoms with Crippen molar-refractivity contribution >= 4 is 16.6 Å². The Hall–Kier alpha value is -1.65. The minimum atomic E-state index is -0.253. The molecule has 0 aliphatic carbocycles. The first-order chi connectivity index (χ1) is 11.1. The van der Waals surface area contributed by atoms with E-state index in [1.807, 2.05) is 6.92 Å². The topological polar surface area (TPSA) is 39.6 Å². The van der Waals surface area contributed by atoms with Crippen molar-refractivity contribution in [2.24, 2.45) is 0 Å². The quantitative estimate of drug-likeness (QED) is 0.942. The third-order valence-electron chi connectivity index (χ3n) is 4.73. The van der Waals surface area contributed by atoms with Crippen LogP contribution in [0.3, 0.4) is 0 Å². The maximum atomic E-state index is 9.58. The van der Waals surface area contributed by atoms with Gasteiger partial charge in [-0.05, 0) is 31.9 Å². The zero-order valence-electron chi connectivity index (χ0n) is 14.4. The number of hydrogen-bond donors (Lipinski definition) is 1. The number of para-hydroxylation sites is 1. The monoisotopic (exact) mass is 313 g/mol. The molecule has 1 aromatic heterocycles. The Morgan fingerprint density at radius 3 is 2.52 bits per heavy atom. The van der Waals surface area contributed by atoms with Crippen molar-refractivity contribution in [3.63, 3.8) is 0 Å². The molecule has 1 N–H and O–H groups in total. The number of piperazine rings is 1. The molecule has 1 fully saturated rings. The number of rotatable bonds is 4.